The molecule has 1 unspecified atom stereocenters. The lowest BCUT2D eigenvalue weighted by atomic mass is 9.93. The molecule has 3 heteroatoms. The third-order valence-corrected chi connectivity index (χ3v) is 3.36. The van der Waals surface area contributed by atoms with Gasteiger partial charge in [0.15, 0.2) is 0 Å². The minimum Gasteiger partial charge on any atom is -0.393 e. The number of hydrogen-bond donors (Lipinski definition) is 2. The fraction of sp³-hybridized carbons (Fsp3) is 0.333. The first-order valence-electron chi connectivity index (χ1n) is 5.21. The SMILES string of the molecule is OC1CCc2[nH]c3ccc(Cl)cc3c2C1. The quantitative estimate of drug-likeness (QED) is 0.705. The Bertz CT molecular complexity index is 518. The zero-order valence-corrected chi connectivity index (χ0v) is 9.01. The molecule has 1 aliphatic rings. The number of nitrogens with one attached hydrogen (secondary N) is 1. The molecule has 1 atom stereocenters. The Balaban J connectivity index is 2.25. The molecule has 1 aromatic heterocycles. The van der Waals surface area contributed by atoms with Gasteiger partial charge in [-0.3, -0.25) is 0 Å². The van der Waals surface area contributed by atoms with Crippen LogP contribution in [0.25, 0.3) is 10.9 Å². The first-order chi connectivity index (χ1) is 7.24. The Morgan fingerprint density at radius 2 is 2.27 bits per heavy atom. The fourth-order valence-electron chi connectivity index (χ4n) is 2.37. The largest absolute Gasteiger partial charge is 0.393 e. The summed E-state index contributed by atoms with van der Waals surface area (Å²) in [7, 11) is 0. The van der Waals surface area contributed by atoms with E-state index in [-0.39, 0.29) is 6.10 Å². The van der Waals surface area contributed by atoms with Gasteiger partial charge in [0.25, 0.3) is 0 Å². The Morgan fingerprint density at radius 3 is 3.13 bits per heavy atom. The summed E-state index contributed by atoms with van der Waals surface area (Å²) in [5.41, 5.74) is 3.63. The lowest BCUT2D eigenvalue weighted by molar-refractivity contribution is 0.158. The first-order valence-corrected chi connectivity index (χ1v) is 5.59. The van der Waals surface area contributed by atoms with Crippen LogP contribution in [0.1, 0.15) is 17.7 Å². The molecule has 1 aromatic carbocycles. The van der Waals surface area contributed by atoms with E-state index >= 15 is 0 Å². The number of halogens is 1. The molecular formula is C12H12ClNO. The fourth-order valence-corrected chi connectivity index (χ4v) is 2.54. The van der Waals surface area contributed by atoms with E-state index in [4.69, 9.17) is 11.6 Å². The maximum Gasteiger partial charge on any atom is 0.0585 e. The summed E-state index contributed by atoms with van der Waals surface area (Å²) < 4.78 is 0. The van der Waals surface area contributed by atoms with E-state index in [2.05, 4.69) is 4.98 Å². The summed E-state index contributed by atoms with van der Waals surface area (Å²) in [4.78, 5) is 3.39. The Hall–Kier alpha value is -0.990. The second-order valence-electron chi connectivity index (χ2n) is 4.17. The van der Waals surface area contributed by atoms with Crippen molar-refractivity contribution in [3.05, 3.63) is 34.5 Å². The topological polar surface area (TPSA) is 36.0 Å². The maximum atomic E-state index is 9.66. The molecule has 0 spiro atoms. The number of aromatic amines is 1. The van der Waals surface area contributed by atoms with Gasteiger partial charge in [-0.2, -0.15) is 0 Å². The van der Waals surface area contributed by atoms with E-state index in [1.54, 1.807) is 0 Å². The predicted octanol–water partition coefficient (Wildman–Crippen LogP) is 2.67. The van der Waals surface area contributed by atoms with Crippen LogP contribution in [-0.2, 0) is 12.8 Å². The van der Waals surface area contributed by atoms with Crippen molar-refractivity contribution in [2.75, 3.05) is 0 Å². The molecule has 1 aliphatic carbocycles. The molecule has 1 heterocycles. The highest BCUT2D eigenvalue weighted by Gasteiger charge is 2.20. The molecule has 78 valence electrons. The smallest absolute Gasteiger partial charge is 0.0585 e. The van der Waals surface area contributed by atoms with Crippen LogP contribution in [0.3, 0.4) is 0 Å². The van der Waals surface area contributed by atoms with Crippen LogP contribution in [0, 0.1) is 0 Å². The number of H-pyrrole nitrogens is 1. The summed E-state index contributed by atoms with van der Waals surface area (Å²) in [6.45, 7) is 0. The number of aliphatic hydroxyl groups is 1. The molecule has 0 radical (unpaired) electrons. The van der Waals surface area contributed by atoms with Crippen molar-refractivity contribution in [3.8, 4) is 0 Å². The number of hydrogen-bond acceptors (Lipinski definition) is 1. The van der Waals surface area contributed by atoms with Gasteiger partial charge in [-0.25, -0.2) is 0 Å². The lowest BCUT2D eigenvalue weighted by Crippen LogP contribution is -2.17. The van der Waals surface area contributed by atoms with Crippen LogP contribution in [0.4, 0.5) is 0 Å². The zero-order valence-electron chi connectivity index (χ0n) is 8.26. The number of aryl methyl sites for hydroxylation is 1. The number of aromatic nitrogens is 1. The van der Waals surface area contributed by atoms with Crippen molar-refractivity contribution in [2.45, 2.75) is 25.4 Å². The number of rotatable bonds is 0. The number of fused-ring (bicyclic) bond motifs is 3. The van der Waals surface area contributed by atoms with Crippen LogP contribution >= 0.6 is 11.6 Å². The van der Waals surface area contributed by atoms with Crippen LogP contribution in [0.5, 0.6) is 0 Å². The van der Waals surface area contributed by atoms with Crippen molar-refractivity contribution in [3.63, 3.8) is 0 Å². The number of benzene rings is 1. The summed E-state index contributed by atoms with van der Waals surface area (Å²) in [6.07, 6.45) is 2.34. The average molecular weight is 222 g/mol. The third kappa shape index (κ3) is 1.45. The van der Waals surface area contributed by atoms with Gasteiger partial charge >= 0.3 is 0 Å². The lowest BCUT2D eigenvalue weighted by Gasteiger charge is -2.17. The Morgan fingerprint density at radius 1 is 1.40 bits per heavy atom. The number of aliphatic hydroxyl groups excluding tert-OH is 1. The van der Waals surface area contributed by atoms with Gasteiger partial charge in [0.2, 0.25) is 0 Å². The van der Waals surface area contributed by atoms with E-state index < -0.39 is 0 Å². The van der Waals surface area contributed by atoms with E-state index in [0.29, 0.717) is 0 Å². The zero-order chi connectivity index (χ0) is 10.4. The predicted molar refractivity (Wildman–Crippen MR) is 61.3 cm³/mol. The van der Waals surface area contributed by atoms with Crippen molar-refractivity contribution in [1.29, 1.82) is 0 Å². The second-order valence-corrected chi connectivity index (χ2v) is 4.61. The summed E-state index contributed by atoms with van der Waals surface area (Å²) in [5.74, 6) is 0. The second kappa shape index (κ2) is 3.26. The summed E-state index contributed by atoms with van der Waals surface area (Å²) in [5, 5.41) is 11.6. The highest BCUT2D eigenvalue weighted by atomic mass is 35.5. The highest BCUT2D eigenvalue weighted by molar-refractivity contribution is 6.31. The van der Waals surface area contributed by atoms with Gasteiger partial charge in [0.05, 0.1) is 6.10 Å². The molecule has 0 saturated heterocycles. The molecule has 0 bridgehead atoms. The van der Waals surface area contributed by atoms with E-state index in [1.807, 2.05) is 18.2 Å². The molecule has 0 fully saturated rings. The van der Waals surface area contributed by atoms with Crippen LogP contribution in [-0.4, -0.2) is 16.2 Å². The molecular weight excluding hydrogens is 210 g/mol. The van der Waals surface area contributed by atoms with Gasteiger partial charge in [-0.1, -0.05) is 11.6 Å². The van der Waals surface area contributed by atoms with Crippen molar-refractivity contribution in [1.82, 2.24) is 4.98 Å². The average Bonchev–Trinajstić information content (AvgIpc) is 2.56. The van der Waals surface area contributed by atoms with Crippen LogP contribution in [0.2, 0.25) is 5.02 Å². The minimum atomic E-state index is -0.199. The van der Waals surface area contributed by atoms with Crippen molar-refractivity contribution < 1.29 is 5.11 Å². The van der Waals surface area contributed by atoms with Crippen molar-refractivity contribution in [2.24, 2.45) is 0 Å². The Labute approximate surface area is 92.9 Å². The van der Waals surface area contributed by atoms with Gasteiger partial charge < -0.3 is 10.1 Å². The first kappa shape index (κ1) is 9.25. The summed E-state index contributed by atoms with van der Waals surface area (Å²) in [6, 6.07) is 5.87. The molecule has 3 rings (SSSR count). The maximum absolute atomic E-state index is 9.66. The van der Waals surface area contributed by atoms with Gasteiger partial charge in [-0.05, 0) is 36.6 Å². The normalized spacial score (nSPS) is 20.5. The molecule has 2 nitrogen and oxygen atoms in total. The van der Waals surface area contributed by atoms with Gasteiger partial charge in [0.1, 0.15) is 0 Å². The van der Waals surface area contributed by atoms with E-state index in [9.17, 15) is 5.11 Å². The Kier molecular flexibility index (Phi) is 2.01. The van der Waals surface area contributed by atoms with Gasteiger partial charge in [-0.15, -0.1) is 0 Å². The molecule has 0 aliphatic heterocycles. The molecule has 0 amide bonds. The molecule has 2 aromatic rings. The molecule has 2 N–H and O–H groups in total. The molecule has 15 heavy (non-hydrogen) atoms. The van der Waals surface area contributed by atoms with E-state index in [0.717, 1.165) is 35.2 Å². The van der Waals surface area contributed by atoms with Crippen LogP contribution < -0.4 is 0 Å². The monoisotopic (exact) mass is 221 g/mol. The van der Waals surface area contributed by atoms with Crippen molar-refractivity contribution >= 4 is 22.5 Å². The van der Waals surface area contributed by atoms with Gasteiger partial charge in [0, 0.05) is 28.0 Å². The van der Waals surface area contributed by atoms with E-state index in [1.165, 1.54) is 11.3 Å². The minimum absolute atomic E-state index is 0.199. The highest BCUT2D eigenvalue weighted by Crippen LogP contribution is 2.30. The third-order valence-electron chi connectivity index (χ3n) is 3.12. The van der Waals surface area contributed by atoms with Crippen LogP contribution in [0.15, 0.2) is 18.2 Å². The molecule has 0 saturated carbocycles. The summed E-state index contributed by atoms with van der Waals surface area (Å²) >= 11 is 5.98. The standard InChI is InChI=1S/C12H12ClNO/c13-7-1-3-11-9(5-7)10-6-8(15)2-4-12(10)14-11/h1,3,5,8,14-15H,2,4,6H2.